The van der Waals surface area contributed by atoms with Gasteiger partial charge in [0.1, 0.15) is 5.69 Å². The number of rotatable bonds is 6. The highest BCUT2D eigenvalue weighted by Crippen LogP contribution is 2.31. The van der Waals surface area contributed by atoms with Gasteiger partial charge >= 0.3 is 5.97 Å². The molecule has 31 heavy (non-hydrogen) atoms. The molecule has 0 saturated carbocycles. The Balaban J connectivity index is 1.54. The third-order valence-corrected chi connectivity index (χ3v) is 5.56. The second-order valence-electron chi connectivity index (χ2n) is 7.89. The number of benzene rings is 2. The van der Waals surface area contributed by atoms with Gasteiger partial charge in [0, 0.05) is 24.8 Å². The zero-order valence-electron chi connectivity index (χ0n) is 18.0. The monoisotopic (exact) mass is 425 g/mol. The van der Waals surface area contributed by atoms with E-state index in [4.69, 9.17) is 4.74 Å². The Morgan fingerprint density at radius 2 is 1.84 bits per heavy atom. The number of hydrogen-bond acceptors (Lipinski definition) is 6. The van der Waals surface area contributed by atoms with E-state index in [9.17, 15) is 19.7 Å². The molecule has 1 fully saturated rings. The summed E-state index contributed by atoms with van der Waals surface area (Å²) in [6, 6.07) is 12.4. The Bertz CT molecular complexity index is 983. The van der Waals surface area contributed by atoms with Crippen LogP contribution in [0.2, 0.25) is 0 Å². The lowest BCUT2D eigenvalue weighted by atomic mass is 9.96. The van der Waals surface area contributed by atoms with Crippen molar-refractivity contribution in [3.63, 3.8) is 0 Å². The van der Waals surface area contributed by atoms with Crippen LogP contribution in [0.3, 0.4) is 0 Å². The van der Waals surface area contributed by atoms with Crippen LogP contribution in [-0.2, 0) is 14.3 Å². The Labute approximate surface area is 181 Å². The van der Waals surface area contributed by atoms with E-state index in [-0.39, 0.29) is 17.5 Å². The van der Waals surface area contributed by atoms with Crippen molar-refractivity contribution >= 4 is 28.9 Å². The molecule has 1 saturated heterocycles. The highest BCUT2D eigenvalue weighted by Gasteiger charge is 2.30. The van der Waals surface area contributed by atoms with Crippen LogP contribution in [0, 0.1) is 29.9 Å². The summed E-state index contributed by atoms with van der Waals surface area (Å²) in [6.45, 7) is 6.41. The summed E-state index contributed by atoms with van der Waals surface area (Å²) in [5, 5.41) is 14.1. The number of carbonyl (C=O) groups is 2. The molecule has 8 heteroatoms. The molecule has 1 unspecified atom stereocenters. The first-order valence-electron chi connectivity index (χ1n) is 10.3. The van der Waals surface area contributed by atoms with Gasteiger partial charge in [-0.3, -0.25) is 19.7 Å². The highest BCUT2D eigenvalue weighted by atomic mass is 16.6. The average Bonchev–Trinajstić information content (AvgIpc) is 2.76. The third-order valence-electron chi connectivity index (χ3n) is 5.56. The smallest absolute Gasteiger partial charge is 0.309 e. The summed E-state index contributed by atoms with van der Waals surface area (Å²) in [7, 11) is 0. The van der Waals surface area contributed by atoms with Crippen LogP contribution in [0.1, 0.15) is 30.9 Å². The van der Waals surface area contributed by atoms with Crippen LogP contribution < -0.4 is 10.2 Å². The van der Waals surface area contributed by atoms with Gasteiger partial charge in [0.25, 0.3) is 11.6 Å². The molecular formula is C23H27N3O5. The molecule has 2 aromatic rings. The first-order chi connectivity index (χ1) is 14.8. The maximum absolute atomic E-state index is 12.6. The average molecular weight is 425 g/mol. The lowest BCUT2D eigenvalue weighted by Gasteiger charge is -2.32. The summed E-state index contributed by atoms with van der Waals surface area (Å²) in [6.07, 6.45) is 0.104. The molecule has 1 heterocycles. The second-order valence-corrected chi connectivity index (χ2v) is 7.89. The van der Waals surface area contributed by atoms with Crippen LogP contribution in [0.4, 0.5) is 17.1 Å². The molecule has 8 nitrogen and oxygen atoms in total. The fourth-order valence-electron chi connectivity index (χ4n) is 3.67. The van der Waals surface area contributed by atoms with Crippen molar-refractivity contribution in [2.45, 2.75) is 39.7 Å². The van der Waals surface area contributed by atoms with Crippen LogP contribution in [0.15, 0.2) is 42.5 Å². The molecule has 0 aromatic heterocycles. The maximum atomic E-state index is 12.6. The van der Waals surface area contributed by atoms with E-state index in [2.05, 4.69) is 5.32 Å². The zero-order valence-corrected chi connectivity index (χ0v) is 18.0. The van der Waals surface area contributed by atoms with Crippen molar-refractivity contribution in [2.24, 2.45) is 5.92 Å². The van der Waals surface area contributed by atoms with E-state index >= 15 is 0 Å². The van der Waals surface area contributed by atoms with Gasteiger partial charge in [-0.05, 0) is 56.9 Å². The normalized spacial score (nSPS) is 15.3. The van der Waals surface area contributed by atoms with Crippen molar-refractivity contribution < 1.29 is 19.2 Å². The predicted octanol–water partition coefficient (Wildman–Crippen LogP) is 4.00. The number of nitro groups is 1. The predicted molar refractivity (Wildman–Crippen MR) is 118 cm³/mol. The summed E-state index contributed by atoms with van der Waals surface area (Å²) in [5.74, 6) is -1.12. The number of aryl methyl sites for hydroxylation is 2. The quantitative estimate of drug-likeness (QED) is 0.426. The fourth-order valence-corrected chi connectivity index (χ4v) is 3.67. The molecule has 1 amide bonds. The molecule has 0 aliphatic carbocycles. The largest absolute Gasteiger partial charge is 0.452 e. The minimum absolute atomic E-state index is 0.0558. The molecule has 1 aliphatic rings. The molecular weight excluding hydrogens is 398 g/mol. The Hall–Kier alpha value is -3.42. The van der Waals surface area contributed by atoms with Gasteiger partial charge in [-0.1, -0.05) is 24.3 Å². The van der Waals surface area contributed by atoms with Gasteiger partial charge in [-0.2, -0.15) is 0 Å². The van der Waals surface area contributed by atoms with Gasteiger partial charge in [0.05, 0.1) is 10.8 Å². The van der Waals surface area contributed by atoms with Gasteiger partial charge in [-0.25, -0.2) is 0 Å². The number of carbonyl (C=O) groups excluding carboxylic acids is 2. The summed E-state index contributed by atoms with van der Waals surface area (Å²) >= 11 is 0. The van der Waals surface area contributed by atoms with Gasteiger partial charge < -0.3 is 15.0 Å². The topological polar surface area (TPSA) is 102 Å². The number of hydrogen-bond donors (Lipinski definition) is 1. The Kier molecular flexibility index (Phi) is 6.89. The van der Waals surface area contributed by atoms with Gasteiger partial charge in [-0.15, -0.1) is 0 Å². The number of para-hydroxylation sites is 2. The molecule has 3 rings (SSSR count). The number of piperidine rings is 1. The minimum Gasteiger partial charge on any atom is -0.452 e. The van der Waals surface area contributed by atoms with Crippen molar-refractivity contribution in [1.82, 2.24) is 0 Å². The first-order valence-corrected chi connectivity index (χ1v) is 10.3. The lowest BCUT2D eigenvalue weighted by Crippen LogP contribution is -2.39. The van der Waals surface area contributed by atoms with E-state index in [0.29, 0.717) is 37.3 Å². The number of amides is 1. The number of nitrogens with one attached hydrogen (secondary N) is 1. The Morgan fingerprint density at radius 3 is 2.52 bits per heavy atom. The molecule has 0 radical (unpaired) electrons. The van der Waals surface area contributed by atoms with Crippen LogP contribution in [-0.4, -0.2) is 36.0 Å². The minimum atomic E-state index is -0.916. The number of nitro benzene ring substituents is 1. The van der Waals surface area contributed by atoms with Gasteiger partial charge in [0.15, 0.2) is 6.10 Å². The molecule has 1 atom stereocenters. The van der Waals surface area contributed by atoms with E-state index in [1.807, 2.05) is 36.9 Å². The summed E-state index contributed by atoms with van der Waals surface area (Å²) in [5.41, 5.74) is 3.27. The standard InChI is InChI=1S/C23H27N3O5/c1-15-8-9-16(2)19(14-15)24-22(27)17(3)31-23(28)18-10-12-25(13-11-18)20-6-4-5-7-21(20)26(29)30/h4-9,14,17-18H,10-13H2,1-3H3,(H,24,27). The lowest BCUT2D eigenvalue weighted by molar-refractivity contribution is -0.384. The summed E-state index contributed by atoms with van der Waals surface area (Å²) < 4.78 is 5.42. The van der Waals surface area contributed by atoms with Crippen molar-refractivity contribution in [3.8, 4) is 0 Å². The fraction of sp³-hybridized carbons (Fsp3) is 0.391. The SMILES string of the molecule is Cc1ccc(C)c(NC(=O)C(C)OC(=O)C2CCN(c3ccccc3[N+](=O)[O-])CC2)c1. The van der Waals surface area contributed by atoms with Crippen LogP contribution in [0.5, 0.6) is 0 Å². The molecule has 1 aliphatic heterocycles. The Morgan fingerprint density at radius 1 is 1.16 bits per heavy atom. The highest BCUT2D eigenvalue weighted by molar-refractivity contribution is 5.95. The number of esters is 1. The van der Waals surface area contributed by atoms with Crippen molar-refractivity contribution in [3.05, 3.63) is 63.7 Å². The van der Waals surface area contributed by atoms with E-state index < -0.39 is 17.0 Å². The number of anilines is 2. The van der Waals surface area contributed by atoms with E-state index in [0.717, 1.165) is 11.1 Å². The van der Waals surface area contributed by atoms with Crippen molar-refractivity contribution in [1.29, 1.82) is 0 Å². The van der Waals surface area contributed by atoms with Gasteiger partial charge in [0.2, 0.25) is 0 Å². The molecule has 164 valence electrons. The van der Waals surface area contributed by atoms with E-state index in [1.54, 1.807) is 25.1 Å². The van der Waals surface area contributed by atoms with Crippen LogP contribution >= 0.6 is 0 Å². The molecule has 2 aromatic carbocycles. The van der Waals surface area contributed by atoms with E-state index in [1.165, 1.54) is 6.07 Å². The zero-order chi connectivity index (χ0) is 22.5. The van der Waals surface area contributed by atoms with Crippen LogP contribution in [0.25, 0.3) is 0 Å². The number of ether oxygens (including phenoxy) is 1. The maximum Gasteiger partial charge on any atom is 0.309 e. The first kappa shape index (κ1) is 22.3. The molecule has 0 spiro atoms. The third kappa shape index (κ3) is 5.39. The molecule has 0 bridgehead atoms. The number of nitrogens with zero attached hydrogens (tertiary/aromatic N) is 2. The summed E-state index contributed by atoms with van der Waals surface area (Å²) in [4.78, 5) is 37.8. The molecule has 1 N–H and O–H groups in total. The van der Waals surface area contributed by atoms with Crippen molar-refractivity contribution in [2.75, 3.05) is 23.3 Å². The second kappa shape index (κ2) is 9.59.